The maximum Gasteiger partial charge on any atom is 0.237 e. The first-order valence-electron chi connectivity index (χ1n) is 9.29. The van der Waals surface area contributed by atoms with E-state index in [0.29, 0.717) is 5.56 Å². The number of hydrogen-bond donors (Lipinski definition) is 0. The van der Waals surface area contributed by atoms with Crippen LogP contribution in [-0.2, 0) is 14.3 Å². The molecule has 2 heterocycles. The number of ketones is 2. The molecule has 2 aliphatic heterocycles. The summed E-state index contributed by atoms with van der Waals surface area (Å²) < 4.78 is 6.14. The number of carbonyl (C=O) groups excluding carboxylic acids is 4. The molecule has 1 aliphatic carbocycles. The van der Waals surface area contributed by atoms with Gasteiger partial charge in [0, 0.05) is 17.7 Å². The maximum atomic E-state index is 13.4. The van der Waals surface area contributed by atoms with E-state index in [-0.39, 0.29) is 23.6 Å². The third-order valence-electron chi connectivity index (χ3n) is 6.05. The summed E-state index contributed by atoms with van der Waals surface area (Å²) in [6, 6.07) is 15.5. The quantitative estimate of drug-likeness (QED) is 0.594. The second kappa shape index (κ2) is 5.69. The van der Waals surface area contributed by atoms with Crippen molar-refractivity contribution in [3.8, 4) is 0 Å². The number of likely N-dealkylation sites (tertiary alicyclic amines) is 1. The molecular formula is C22H17NO5. The average molecular weight is 375 g/mol. The highest BCUT2D eigenvalue weighted by molar-refractivity contribution is 6.35. The number of ether oxygens (including phenoxy) is 1. The molecule has 6 nitrogen and oxygen atoms in total. The Morgan fingerprint density at radius 3 is 2.00 bits per heavy atom. The van der Waals surface area contributed by atoms with E-state index in [4.69, 9.17) is 4.74 Å². The van der Waals surface area contributed by atoms with Gasteiger partial charge in [0.2, 0.25) is 29.0 Å². The van der Waals surface area contributed by atoms with Crippen LogP contribution in [0.2, 0.25) is 0 Å². The van der Waals surface area contributed by atoms with Gasteiger partial charge in [-0.25, -0.2) is 0 Å². The lowest BCUT2D eigenvalue weighted by Gasteiger charge is -2.26. The third-order valence-corrected chi connectivity index (χ3v) is 6.05. The first-order chi connectivity index (χ1) is 13.5. The molecule has 0 saturated carbocycles. The van der Waals surface area contributed by atoms with Gasteiger partial charge in [0.05, 0.1) is 17.9 Å². The minimum absolute atomic E-state index is 0.192. The monoisotopic (exact) mass is 375 g/mol. The SMILES string of the molecule is CCN1C(=O)[C@@H]2[C@@H](c3ccccc3)OC3(C(=O)c4ccccc4C3=O)[C@@H]2C1=O. The fourth-order valence-electron chi connectivity index (χ4n) is 4.83. The van der Waals surface area contributed by atoms with E-state index >= 15 is 0 Å². The van der Waals surface area contributed by atoms with Crippen molar-refractivity contribution in [2.75, 3.05) is 6.54 Å². The van der Waals surface area contributed by atoms with Crippen LogP contribution in [0, 0.1) is 11.8 Å². The summed E-state index contributed by atoms with van der Waals surface area (Å²) in [5.41, 5.74) is -0.804. The molecule has 0 aromatic heterocycles. The van der Waals surface area contributed by atoms with Crippen LogP contribution in [0.5, 0.6) is 0 Å². The minimum Gasteiger partial charge on any atom is -0.349 e. The van der Waals surface area contributed by atoms with Crippen molar-refractivity contribution in [2.24, 2.45) is 11.8 Å². The van der Waals surface area contributed by atoms with Gasteiger partial charge in [-0.1, -0.05) is 54.6 Å². The number of benzene rings is 2. The number of hydrogen-bond acceptors (Lipinski definition) is 5. The molecule has 1 spiro atoms. The van der Waals surface area contributed by atoms with Crippen molar-refractivity contribution >= 4 is 23.4 Å². The van der Waals surface area contributed by atoms with Crippen molar-refractivity contribution in [2.45, 2.75) is 18.6 Å². The Balaban J connectivity index is 1.72. The van der Waals surface area contributed by atoms with Crippen LogP contribution in [0.4, 0.5) is 0 Å². The predicted octanol–water partition coefficient (Wildman–Crippen LogP) is 2.20. The second-order valence-electron chi connectivity index (χ2n) is 7.31. The zero-order valence-electron chi connectivity index (χ0n) is 15.1. The Morgan fingerprint density at radius 2 is 1.43 bits per heavy atom. The van der Waals surface area contributed by atoms with E-state index in [9.17, 15) is 19.2 Å². The highest BCUT2D eigenvalue weighted by Gasteiger charge is 2.74. The number of amides is 2. The van der Waals surface area contributed by atoms with Crippen molar-refractivity contribution in [3.05, 3.63) is 71.3 Å². The maximum absolute atomic E-state index is 13.4. The van der Waals surface area contributed by atoms with Gasteiger partial charge in [-0.2, -0.15) is 0 Å². The van der Waals surface area contributed by atoms with Gasteiger partial charge in [0.15, 0.2) is 0 Å². The van der Waals surface area contributed by atoms with Crippen molar-refractivity contribution in [3.63, 3.8) is 0 Å². The van der Waals surface area contributed by atoms with Crippen LogP contribution in [0.1, 0.15) is 39.3 Å². The lowest BCUT2D eigenvalue weighted by atomic mass is 9.77. The summed E-state index contributed by atoms with van der Waals surface area (Å²) in [6.45, 7) is 1.90. The first kappa shape index (κ1) is 17.0. The van der Waals surface area contributed by atoms with E-state index in [1.807, 2.05) is 6.07 Å². The largest absolute Gasteiger partial charge is 0.349 e. The fourth-order valence-corrected chi connectivity index (χ4v) is 4.83. The normalized spacial score (nSPS) is 27.6. The zero-order valence-corrected chi connectivity index (χ0v) is 15.1. The molecule has 2 aromatic carbocycles. The van der Waals surface area contributed by atoms with Gasteiger partial charge in [-0.3, -0.25) is 24.1 Å². The molecule has 140 valence electrons. The van der Waals surface area contributed by atoms with Crippen LogP contribution in [0.25, 0.3) is 0 Å². The summed E-state index contributed by atoms with van der Waals surface area (Å²) in [4.78, 5) is 54.0. The second-order valence-corrected chi connectivity index (χ2v) is 7.31. The van der Waals surface area contributed by atoms with Crippen molar-refractivity contribution < 1.29 is 23.9 Å². The molecule has 6 heteroatoms. The van der Waals surface area contributed by atoms with E-state index < -0.39 is 41.0 Å². The van der Waals surface area contributed by atoms with E-state index in [2.05, 4.69) is 0 Å². The van der Waals surface area contributed by atoms with Crippen LogP contribution in [0.3, 0.4) is 0 Å². The number of nitrogens with zero attached hydrogens (tertiary/aromatic N) is 1. The summed E-state index contributed by atoms with van der Waals surface area (Å²) in [7, 11) is 0. The van der Waals surface area contributed by atoms with Gasteiger partial charge in [-0.15, -0.1) is 0 Å². The molecular weight excluding hydrogens is 358 g/mol. The van der Waals surface area contributed by atoms with Gasteiger partial charge in [0.25, 0.3) is 0 Å². The standard InChI is InChI=1S/C22H17NO5/c1-2-23-20(26)15-16(21(23)27)22(28-17(15)12-8-4-3-5-9-12)18(24)13-10-6-7-11-14(13)19(22)25/h3-11,15-17H,2H2,1H3/t15-,16-,17+/m0/s1. The fraction of sp³-hybridized carbons (Fsp3) is 0.273. The molecule has 0 bridgehead atoms. The van der Waals surface area contributed by atoms with E-state index in [0.717, 1.165) is 4.90 Å². The smallest absolute Gasteiger partial charge is 0.237 e. The number of fused-ring (bicyclic) bond motifs is 3. The lowest BCUT2D eigenvalue weighted by Crippen LogP contribution is -2.51. The molecule has 2 aromatic rings. The molecule has 0 N–H and O–H groups in total. The highest BCUT2D eigenvalue weighted by Crippen LogP contribution is 2.57. The molecule has 3 aliphatic rings. The van der Waals surface area contributed by atoms with Gasteiger partial charge in [-0.05, 0) is 12.5 Å². The molecule has 0 unspecified atom stereocenters. The predicted molar refractivity (Wildman–Crippen MR) is 97.5 cm³/mol. The summed E-state index contributed by atoms with van der Waals surface area (Å²) >= 11 is 0. The zero-order chi connectivity index (χ0) is 19.6. The van der Waals surface area contributed by atoms with Gasteiger partial charge in [0.1, 0.15) is 0 Å². The molecule has 3 atom stereocenters. The van der Waals surface area contributed by atoms with Crippen molar-refractivity contribution in [1.82, 2.24) is 4.90 Å². The van der Waals surface area contributed by atoms with Crippen LogP contribution in [-0.4, -0.2) is 40.4 Å². The number of imide groups is 1. The summed E-state index contributed by atoms with van der Waals surface area (Å²) in [6.07, 6.45) is -0.832. The summed E-state index contributed by atoms with van der Waals surface area (Å²) in [5.74, 6) is -3.99. The van der Waals surface area contributed by atoms with Gasteiger partial charge < -0.3 is 4.74 Å². The number of rotatable bonds is 2. The average Bonchev–Trinajstić information content (AvgIpc) is 3.29. The minimum atomic E-state index is -1.97. The Hall–Kier alpha value is -3.12. The van der Waals surface area contributed by atoms with E-state index in [1.165, 1.54) is 0 Å². The topological polar surface area (TPSA) is 80.8 Å². The van der Waals surface area contributed by atoms with Crippen LogP contribution < -0.4 is 0 Å². The molecule has 28 heavy (non-hydrogen) atoms. The number of carbonyl (C=O) groups is 4. The Kier molecular flexibility index (Phi) is 3.46. The molecule has 2 amide bonds. The molecule has 0 radical (unpaired) electrons. The summed E-state index contributed by atoms with van der Waals surface area (Å²) in [5, 5.41) is 0. The van der Waals surface area contributed by atoms with E-state index in [1.54, 1.807) is 55.5 Å². The molecule has 5 rings (SSSR count). The highest BCUT2D eigenvalue weighted by atomic mass is 16.5. The Labute approximate surface area is 161 Å². The molecule has 2 saturated heterocycles. The Bertz CT molecular complexity index is 1010. The van der Waals surface area contributed by atoms with Crippen LogP contribution in [0.15, 0.2) is 54.6 Å². The third kappa shape index (κ3) is 1.85. The number of Topliss-reactive ketones (excluding diaryl/α,β-unsaturated/α-hetero) is 2. The Morgan fingerprint density at radius 1 is 0.857 bits per heavy atom. The first-order valence-corrected chi connectivity index (χ1v) is 9.29. The van der Waals surface area contributed by atoms with Crippen LogP contribution >= 0.6 is 0 Å². The van der Waals surface area contributed by atoms with Gasteiger partial charge >= 0.3 is 0 Å². The molecule has 2 fully saturated rings. The van der Waals surface area contributed by atoms with Crippen molar-refractivity contribution in [1.29, 1.82) is 0 Å². The lowest BCUT2D eigenvalue weighted by molar-refractivity contribution is -0.144.